The normalized spacial score (nSPS) is 29.6. The van der Waals surface area contributed by atoms with E-state index in [1.165, 1.54) is 30.5 Å². The Morgan fingerprint density at radius 1 is 1.31 bits per heavy atom. The largest absolute Gasteiger partial charge is 0.381 e. The van der Waals surface area contributed by atoms with Crippen LogP contribution in [0.5, 0.6) is 0 Å². The summed E-state index contributed by atoms with van der Waals surface area (Å²) in [6, 6.07) is 7.58. The highest BCUT2D eigenvalue weighted by molar-refractivity contribution is 5.61. The van der Waals surface area contributed by atoms with Crippen molar-refractivity contribution in [1.82, 2.24) is 0 Å². The average molecular weight is 173 g/mol. The first-order valence-corrected chi connectivity index (χ1v) is 5.22. The highest BCUT2D eigenvalue weighted by Gasteiger charge is 2.35. The first kappa shape index (κ1) is 7.43. The Labute approximate surface area is 79.2 Å². The number of benzene rings is 1. The van der Waals surface area contributed by atoms with Gasteiger partial charge in [0.1, 0.15) is 0 Å². The van der Waals surface area contributed by atoms with Gasteiger partial charge in [-0.1, -0.05) is 18.6 Å². The third-order valence-corrected chi connectivity index (χ3v) is 3.47. The lowest BCUT2D eigenvalue weighted by atomic mass is 9.97. The van der Waals surface area contributed by atoms with Crippen molar-refractivity contribution in [3.63, 3.8) is 0 Å². The topological polar surface area (TPSA) is 12.0 Å². The summed E-state index contributed by atoms with van der Waals surface area (Å²) >= 11 is 0. The Morgan fingerprint density at radius 3 is 3.15 bits per heavy atom. The number of hydrogen-bond acceptors (Lipinski definition) is 1. The molecule has 1 heterocycles. The van der Waals surface area contributed by atoms with Gasteiger partial charge >= 0.3 is 0 Å². The second kappa shape index (κ2) is 2.50. The van der Waals surface area contributed by atoms with Gasteiger partial charge in [0.15, 0.2) is 0 Å². The molecule has 1 nitrogen and oxygen atoms in total. The van der Waals surface area contributed by atoms with Crippen LogP contribution in [-0.4, -0.2) is 6.04 Å². The summed E-state index contributed by atoms with van der Waals surface area (Å²) in [5, 5.41) is 3.64. The highest BCUT2D eigenvalue weighted by atomic mass is 15.0. The van der Waals surface area contributed by atoms with E-state index in [9.17, 15) is 0 Å². The fourth-order valence-corrected chi connectivity index (χ4v) is 2.82. The summed E-state index contributed by atoms with van der Waals surface area (Å²) in [4.78, 5) is 0. The third-order valence-electron chi connectivity index (χ3n) is 3.47. The molecular formula is C12H15N. The van der Waals surface area contributed by atoms with Crippen LogP contribution in [0.15, 0.2) is 18.2 Å². The van der Waals surface area contributed by atoms with E-state index in [-0.39, 0.29) is 0 Å². The molecule has 0 amide bonds. The molecule has 0 bridgehead atoms. The van der Waals surface area contributed by atoms with Gasteiger partial charge in [0.2, 0.25) is 0 Å². The van der Waals surface area contributed by atoms with E-state index >= 15 is 0 Å². The van der Waals surface area contributed by atoms with Crippen LogP contribution in [-0.2, 0) is 0 Å². The Hall–Kier alpha value is -0.980. The summed E-state index contributed by atoms with van der Waals surface area (Å²) in [7, 11) is 0. The van der Waals surface area contributed by atoms with Crippen LogP contribution in [0.2, 0.25) is 0 Å². The van der Waals surface area contributed by atoms with Gasteiger partial charge in [-0.2, -0.15) is 0 Å². The monoisotopic (exact) mass is 173 g/mol. The van der Waals surface area contributed by atoms with Gasteiger partial charge in [0.05, 0.1) is 0 Å². The highest BCUT2D eigenvalue weighted by Crippen LogP contribution is 2.45. The lowest BCUT2D eigenvalue weighted by Crippen LogP contribution is -2.13. The van der Waals surface area contributed by atoms with Gasteiger partial charge in [-0.3, -0.25) is 0 Å². The van der Waals surface area contributed by atoms with Crippen molar-refractivity contribution in [2.24, 2.45) is 0 Å². The number of nitrogens with one attached hydrogen (secondary N) is 1. The van der Waals surface area contributed by atoms with E-state index in [0.717, 1.165) is 12.0 Å². The summed E-state index contributed by atoms with van der Waals surface area (Å²) in [6.45, 7) is 2.16. The first-order chi connectivity index (χ1) is 6.34. The standard InChI is InChI=1S/C12H15N/c1-8-5-6-10-9-3-2-4-11(9)13-12(10)7-8/h5-7,9,11,13H,2-4H2,1H3. The number of rotatable bonds is 0. The van der Waals surface area contributed by atoms with Gasteiger partial charge in [-0.05, 0) is 37.0 Å². The Kier molecular flexibility index (Phi) is 1.43. The van der Waals surface area contributed by atoms with Crippen molar-refractivity contribution in [3.05, 3.63) is 29.3 Å². The smallest absolute Gasteiger partial charge is 0.0381 e. The zero-order valence-corrected chi connectivity index (χ0v) is 8.01. The first-order valence-electron chi connectivity index (χ1n) is 5.22. The van der Waals surface area contributed by atoms with Gasteiger partial charge in [0.25, 0.3) is 0 Å². The lowest BCUT2D eigenvalue weighted by molar-refractivity contribution is 0.689. The van der Waals surface area contributed by atoms with E-state index in [0.29, 0.717) is 0 Å². The molecule has 0 radical (unpaired) electrons. The number of aryl methyl sites for hydroxylation is 1. The van der Waals surface area contributed by atoms with Gasteiger partial charge < -0.3 is 5.32 Å². The minimum Gasteiger partial charge on any atom is -0.381 e. The SMILES string of the molecule is Cc1ccc2c(c1)NC1CCCC21. The van der Waals surface area contributed by atoms with Crippen LogP contribution < -0.4 is 5.32 Å². The van der Waals surface area contributed by atoms with Crippen LogP contribution in [0.25, 0.3) is 0 Å². The second-order valence-electron chi connectivity index (χ2n) is 4.38. The molecule has 1 heteroatoms. The minimum atomic E-state index is 0.747. The molecule has 0 aromatic heterocycles. The Bertz CT molecular complexity index is 343. The van der Waals surface area contributed by atoms with E-state index < -0.39 is 0 Å². The van der Waals surface area contributed by atoms with Gasteiger partial charge in [-0.25, -0.2) is 0 Å². The number of hydrogen-bond donors (Lipinski definition) is 1. The van der Waals surface area contributed by atoms with E-state index in [4.69, 9.17) is 0 Å². The zero-order valence-electron chi connectivity index (χ0n) is 8.01. The molecule has 0 spiro atoms. The molecule has 1 fully saturated rings. The maximum Gasteiger partial charge on any atom is 0.0381 e. The minimum absolute atomic E-state index is 0.747. The van der Waals surface area contributed by atoms with Crippen molar-refractivity contribution >= 4 is 5.69 Å². The predicted octanol–water partition coefficient (Wildman–Crippen LogP) is 3.06. The molecule has 2 aliphatic rings. The van der Waals surface area contributed by atoms with Crippen molar-refractivity contribution in [2.45, 2.75) is 38.1 Å². The zero-order chi connectivity index (χ0) is 8.84. The fraction of sp³-hybridized carbons (Fsp3) is 0.500. The van der Waals surface area contributed by atoms with Crippen LogP contribution in [0.1, 0.15) is 36.3 Å². The maximum absolute atomic E-state index is 3.64. The third kappa shape index (κ3) is 0.995. The molecule has 1 N–H and O–H groups in total. The molecular weight excluding hydrogens is 158 g/mol. The Balaban J connectivity index is 2.08. The molecule has 2 unspecified atom stereocenters. The lowest BCUT2D eigenvalue weighted by Gasteiger charge is -2.07. The van der Waals surface area contributed by atoms with Crippen LogP contribution in [0.4, 0.5) is 5.69 Å². The van der Waals surface area contributed by atoms with Crippen molar-refractivity contribution in [1.29, 1.82) is 0 Å². The molecule has 1 aromatic rings. The molecule has 2 atom stereocenters. The van der Waals surface area contributed by atoms with Crippen LogP contribution >= 0.6 is 0 Å². The maximum atomic E-state index is 3.64. The average Bonchev–Trinajstić information content (AvgIpc) is 2.62. The predicted molar refractivity (Wildman–Crippen MR) is 55.2 cm³/mol. The van der Waals surface area contributed by atoms with E-state index in [2.05, 4.69) is 30.4 Å². The van der Waals surface area contributed by atoms with Crippen LogP contribution in [0.3, 0.4) is 0 Å². The van der Waals surface area contributed by atoms with Crippen molar-refractivity contribution in [3.8, 4) is 0 Å². The Morgan fingerprint density at radius 2 is 2.23 bits per heavy atom. The molecule has 68 valence electrons. The molecule has 1 saturated carbocycles. The quantitative estimate of drug-likeness (QED) is 0.635. The van der Waals surface area contributed by atoms with Gasteiger partial charge in [-0.15, -0.1) is 0 Å². The molecule has 1 aliphatic heterocycles. The summed E-state index contributed by atoms with van der Waals surface area (Å²) < 4.78 is 0. The summed E-state index contributed by atoms with van der Waals surface area (Å²) in [6.07, 6.45) is 4.14. The molecule has 1 aromatic carbocycles. The number of anilines is 1. The van der Waals surface area contributed by atoms with E-state index in [1.54, 1.807) is 5.56 Å². The van der Waals surface area contributed by atoms with E-state index in [1.807, 2.05) is 0 Å². The van der Waals surface area contributed by atoms with Crippen molar-refractivity contribution < 1.29 is 0 Å². The molecule has 13 heavy (non-hydrogen) atoms. The van der Waals surface area contributed by atoms with Crippen molar-refractivity contribution in [2.75, 3.05) is 5.32 Å². The summed E-state index contributed by atoms with van der Waals surface area (Å²) in [5.41, 5.74) is 4.33. The van der Waals surface area contributed by atoms with Gasteiger partial charge in [0, 0.05) is 17.6 Å². The second-order valence-corrected chi connectivity index (χ2v) is 4.38. The van der Waals surface area contributed by atoms with Crippen LogP contribution in [0, 0.1) is 6.92 Å². The fourth-order valence-electron chi connectivity index (χ4n) is 2.82. The molecule has 0 saturated heterocycles. The summed E-state index contributed by atoms with van der Waals surface area (Å²) in [5.74, 6) is 0.815. The number of fused-ring (bicyclic) bond motifs is 3. The molecule has 3 rings (SSSR count). The molecule has 1 aliphatic carbocycles.